The van der Waals surface area contributed by atoms with Gasteiger partial charge in [0, 0.05) is 19.3 Å². The number of halogens is 1. The van der Waals surface area contributed by atoms with E-state index >= 15 is 0 Å². The van der Waals surface area contributed by atoms with Crippen LogP contribution in [-0.4, -0.2) is 36.7 Å². The number of aryl methyl sites for hydroxylation is 1. The minimum Gasteiger partial charge on any atom is -0.307 e. The van der Waals surface area contributed by atoms with Crippen LogP contribution < -0.4 is 5.32 Å². The number of nitrogens with zero attached hydrogens (tertiary/aromatic N) is 2. The van der Waals surface area contributed by atoms with E-state index in [-0.39, 0.29) is 21.5 Å². The summed E-state index contributed by atoms with van der Waals surface area (Å²) in [6.45, 7) is 5.42. The minimum atomic E-state index is -3.71. The van der Waals surface area contributed by atoms with E-state index in [0.717, 1.165) is 5.56 Å². The molecule has 2 aromatic rings. The van der Waals surface area contributed by atoms with Gasteiger partial charge in [0.2, 0.25) is 10.0 Å². The Kier molecular flexibility index (Phi) is 5.82. The number of sulfonamides is 1. The maximum absolute atomic E-state index is 12.6. The summed E-state index contributed by atoms with van der Waals surface area (Å²) in [5.74, 6) is -0.162. The number of carbonyl (C=O) groups excluding carboxylic acids is 1. The molecule has 0 spiro atoms. The average molecular weight is 382 g/mol. The number of hydrogen-bond donors (Lipinski definition) is 1. The van der Waals surface area contributed by atoms with Crippen molar-refractivity contribution in [2.24, 2.45) is 0 Å². The third-order valence-electron chi connectivity index (χ3n) is 3.74. The third-order valence-corrected chi connectivity index (χ3v) is 6.10. The summed E-state index contributed by atoms with van der Waals surface area (Å²) in [5.41, 5.74) is 1.03. The van der Waals surface area contributed by atoms with E-state index in [2.05, 4.69) is 10.3 Å². The van der Waals surface area contributed by atoms with Crippen LogP contribution in [0.3, 0.4) is 0 Å². The van der Waals surface area contributed by atoms with Crippen LogP contribution >= 0.6 is 11.6 Å². The zero-order chi connectivity index (χ0) is 18.8. The first-order valence-corrected chi connectivity index (χ1v) is 9.46. The Balaban J connectivity index is 2.35. The summed E-state index contributed by atoms with van der Waals surface area (Å²) in [4.78, 5) is 16.6. The van der Waals surface area contributed by atoms with Gasteiger partial charge in [-0.05, 0) is 50.6 Å². The Morgan fingerprint density at radius 2 is 1.92 bits per heavy atom. The molecule has 0 aliphatic heterocycles. The lowest BCUT2D eigenvalue weighted by molar-refractivity contribution is 0.102. The molecule has 1 amide bonds. The molecule has 0 unspecified atom stereocenters. The van der Waals surface area contributed by atoms with Crippen molar-refractivity contribution in [3.63, 3.8) is 0 Å². The lowest BCUT2D eigenvalue weighted by atomic mass is 10.2. The van der Waals surface area contributed by atoms with Gasteiger partial charge in [-0.3, -0.25) is 4.79 Å². The van der Waals surface area contributed by atoms with E-state index in [4.69, 9.17) is 11.6 Å². The number of nitrogens with one attached hydrogen (secondary N) is 1. The lowest BCUT2D eigenvalue weighted by Gasteiger charge is -2.21. The predicted molar refractivity (Wildman–Crippen MR) is 98.5 cm³/mol. The zero-order valence-corrected chi connectivity index (χ0v) is 16.0. The van der Waals surface area contributed by atoms with Crippen molar-refractivity contribution in [1.29, 1.82) is 0 Å². The van der Waals surface area contributed by atoms with E-state index in [1.54, 1.807) is 26.1 Å². The quantitative estimate of drug-likeness (QED) is 0.861. The monoisotopic (exact) mass is 381 g/mol. The number of aromatic nitrogens is 1. The standard InChI is InChI=1S/C17H20ClN3O3S/c1-11(2)21(4)25(23,24)13-6-7-15(18)14(9-13)17(22)20-16-8-5-12(3)10-19-16/h5-11H,1-4H3,(H,19,20,22). The van der Waals surface area contributed by atoms with Crippen LogP contribution in [0.5, 0.6) is 0 Å². The van der Waals surface area contributed by atoms with Crippen LogP contribution in [0.4, 0.5) is 5.82 Å². The SMILES string of the molecule is Cc1ccc(NC(=O)c2cc(S(=O)(=O)N(C)C(C)C)ccc2Cl)nc1. The first-order valence-electron chi connectivity index (χ1n) is 7.64. The number of benzene rings is 1. The fourth-order valence-corrected chi connectivity index (χ4v) is 3.61. The van der Waals surface area contributed by atoms with Crippen LogP contribution in [0.2, 0.25) is 5.02 Å². The molecule has 1 N–H and O–H groups in total. The molecule has 134 valence electrons. The fourth-order valence-electron chi connectivity index (χ4n) is 2.01. The molecule has 0 saturated carbocycles. The number of amides is 1. The molecule has 0 aliphatic carbocycles. The Morgan fingerprint density at radius 1 is 1.24 bits per heavy atom. The molecule has 0 saturated heterocycles. The van der Waals surface area contributed by atoms with Crippen LogP contribution in [0.15, 0.2) is 41.4 Å². The van der Waals surface area contributed by atoms with Gasteiger partial charge in [-0.25, -0.2) is 13.4 Å². The maximum atomic E-state index is 12.6. The summed E-state index contributed by atoms with van der Waals surface area (Å²) in [7, 11) is -2.22. The van der Waals surface area contributed by atoms with Gasteiger partial charge in [0.05, 0.1) is 15.5 Å². The summed E-state index contributed by atoms with van der Waals surface area (Å²) in [6, 6.07) is 7.32. The van der Waals surface area contributed by atoms with Crippen molar-refractivity contribution < 1.29 is 13.2 Å². The molecule has 1 heterocycles. The van der Waals surface area contributed by atoms with Crippen molar-refractivity contribution in [3.8, 4) is 0 Å². The number of carbonyl (C=O) groups is 1. The summed E-state index contributed by atoms with van der Waals surface area (Å²) in [5, 5.41) is 2.78. The molecule has 0 atom stereocenters. The summed E-state index contributed by atoms with van der Waals surface area (Å²) in [6.07, 6.45) is 1.62. The van der Waals surface area contributed by atoms with Crippen molar-refractivity contribution in [1.82, 2.24) is 9.29 Å². The number of anilines is 1. The minimum absolute atomic E-state index is 0.00937. The second-order valence-corrected chi connectivity index (χ2v) is 8.34. The fraction of sp³-hybridized carbons (Fsp3) is 0.294. The van der Waals surface area contributed by atoms with Crippen LogP contribution in [0.25, 0.3) is 0 Å². The van der Waals surface area contributed by atoms with Gasteiger partial charge >= 0.3 is 0 Å². The van der Waals surface area contributed by atoms with Crippen molar-refractivity contribution >= 4 is 33.3 Å². The number of hydrogen-bond acceptors (Lipinski definition) is 4. The predicted octanol–water partition coefficient (Wildman–Crippen LogP) is 3.32. The first-order chi connectivity index (χ1) is 11.6. The molecule has 1 aromatic carbocycles. The third kappa shape index (κ3) is 4.36. The Morgan fingerprint density at radius 3 is 2.48 bits per heavy atom. The van der Waals surface area contributed by atoms with E-state index in [1.165, 1.54) is 29.6 Å². The second kappa shape index (κ2) is 7.51. The van der Waals surface area contributed by atoms with Crippen molar-refractivity contribution in [2.45, 2.75) is 31.7 Å². The highest BCUT2D eigenvalue weighted by Crippen LogP contribution is 2.24. The molecular formula is C17H20ClN3O3S. The van der Waals surface area contributed by atoms with Gasteiger partial charge in [0.25, 0.3) is 5.91 Å². The summed E-state index contributed by atoms with van der Waals surface area (Å²) >= 11 is 6.09. The van der Waals surface area contributed by atoms with Gasteiger partial charge in [0.15, 0.2) is 0 Å². The molecular weight excluding hydrogens is 362 g/mol. The molecule has 6 nitrogen and oxygen atoms in total. The smallest absolute Gasteiger partial charge is 0.258 e. The Hall–Kier alpha value is -1.96. The molecule has 0 aliphatic rings. The molecule has 0 radical (unpaired) electrons. The van der Waals surface area contributed by atoms with E-state index in [0.29, 0.717) is 5.82 Å². The first kappa shape index (κ1) is 19.4. The average Bonchev–Trinajstić information content (AvgIpc) is 2.56. The van der Waals surface area contributed by atoms with Crippen molar-refractivity contribution in [3.05, 3.63) is 52.7 Å². The van der Waals surface area contributed by atoms with E-state index < -0.39 is 15.9 Å². The highest BCUT2D eigenvalue weighted by atomic mass is 35.5. The highest BCUT2D eigenvalue weighted by molar-refractivity contribution is 7.89. The molecule has 1 aromatic heterocycles. The topological polar surface area (TPSA) is 79.4 Å². The molecule has 0 fully saturated rings. The Labute approximate surface area is 152 Å². The Bertz CT molecular complexity index is 881. The number of pyridine rings is 1. The normalized spacial score (nSPS) is 11.8. The van der Waals surface area contributed by atoms with Gasteiger partial charge in [0.1, 0.15) is 5.82 Å². The van der Waals surface area contributed by atoms with Gasteiger partial charge < -0.3 is 5.32 Å². The molecule has 25 heavy (non-hydrogen) atoms. The largest absolute Gasteiger partial charge is 0.307 e. The highest BCUT2D eigenvalue weighted by Gasteiger charge is 2.25. The molecule has 2 rings (SSSR count). The summed E-state index contributed by atoms with van der Waals surface area (Å²) < 4.78 is 26.4. The van der Waals surface area contributed by atoms with Crippen LogP contribution in [0, 0.1) is 6.92 Å². The van der Waals surface area contributed by atoms with Gasteiger partial charge in [-0.2, -0.15) is 4.31 Å². The van der Waals surface area contributed by atoms with Crippen LogP contribution in [0.1, 0.15) is 29.8 Å². The van der Waals surface area contributed by atoms with E-state index in [1.807, 2.05) is 13.0 Å². The van der Waals surface area contributed by atoms with Gasteiger partial charge in [-0.1, -0.05) is 17.7 Å². The molecule has 8 heteroatoms. The molecule has 0 bridgehead atoms. The second-order valence-electron chi connectivity index (χ2n) is 5.93. The zero-order valence-electron chi connectivity index (χ0n) is 14.4. The van der Waals surface area contributed by atoms with Crippen molar-refractivity contribution in [2.75, 3.05) is 12.4 Å². The lowest BCUT2D eigenvalue weighted by Crippen LogP contribution is -2.33. The maximum Gasteiger partial charge on any atom is 0.258 e. The number of rotatable bonds is 5. The van der Waals surface area contributed by atoms with Crippen LogP contribution in [-0.2, 0) is 10.0 Å². The van der Waals surface area contributed by atoms with E-state index in [9.17, 15) is 13.2 Å². The van der Waals surface area contributed by atoms with Gasteiger partial charge in [-0.15, -0.1) is 0 Å².